The first-order valence-electron chi connectivity index (χ1n) is 20.3. The second-order valence-corrected chi connectivity index (χ2v) is 14.5. The average Bonchev–Trinajstić information content (AvgIpc) is 3.70. The van der Waals surface area contributed by atoms with Crippen molar-refractivity contribution in [3.05, 3.63) is 243 Å². The molecule has 0 spiro atoms. The van der Waals surface area contributed by atoms with Crippen LogP contribution in [-0.2, 0) is 20.1 Å². The Balaban J connectivity index is 0.000000204. The summed E-state index contributed by atoms with van der Waals surface area (Å²) in [6.45, 7) is 0. The van der Waals surface area contributed by atoms with Crippen LogP contribution >= 0.6 is 0 Å². The SMILES string of the molecule is [Ir+3].[c-]1cc(-c2ccccc2-c2ccccc2-c2ccccc2-c2ccc(-c3[c-]cccc3)nc2)ccc1-c1ccccn1.[c-]1cccc2c3ccccc3n(-c3ccccn3)c12. The molecule has 62 heavy (non-hydrogen) atoms. The molecule has 0 aliphatic heterocycles. The third-order valence-corrected chi connectivity index (χ3v) is 10.9. The summed E-state index contributed by atoms with van der Waals surface area (Å²) in [4.78, 5) is 13.7. The molecule has 11 aromatic rings. The zero-order valence-electron chi connectivity index (χ0n) is 33.5. The summed E-state index contributed by atoms with van der Waals surface area (Å²) in [6.07, 6.45) is 5.59. The topological polar surface area (TPSA) is 43.6 Å². The minimum Gasteiger partial charge on any atom is -0.319 e. The molecule has 4 nitrogen and oxygen atoms in total. The van der Waals surface area contributed by atoms with Crippen LogP contribution in [0.2, 0.25) is 0 Å². The Bertz CT molecular complexity index is 3020. The van der Waals surface area contributed by atoms with Crippen LogP contribution in [0.1, 0.15) is 0 Å². The first kappa shape index (κ1) is 39.9. The molecule has 11 rings (SSSR count). The number of fused-ring (bicyclic) bond motifs is 3. The molecule has 0 fully saturated rings. The molecule has 0 bridgehead atoms. The number of pyridine rings is 3. The zero-order chi connectivity index (χ0) is 40.8. The van der Waals surface area contributed by atoms with E-state index >= 15 is 0 Å². The van der Waals surface area contributed by atoms with Crippen LogP contribution in [0.5, 0.6) is 0 Å². The molecule has 0 aliphatic carbocycles. The Labute approximate surface area is 375 Å². The van der Waals surface area contributed by atoms with Crippen LogP contribution in [0.4, 0.5) is 0 Å². The minimum atomic E-state index is 0. The molecule has 0 saturated carbocycles. The monoisotopic (exact) mass is 970 g/mol. The van der Waals surface area contributed by atoms with Gasteiger partial charge in [0.05, 0.1) is 0 Å². The van der Waals surface area contributed by atoms with Gasteiger partial charge in [-0.05, 0) is 74.4 Å². The van der Waals surface area contributed by atoms with E-state index in [9.17, 15) is 0 Å². The van der Waals surface area contributed by atoms with Crippen molar-refractivity contribution in [2.75, 3.05) is 0 Å². The van der Waals surface area contributed by atoms with E-state index in [0.29, 0.717) is 0 Å². The van der Waals surface area contributed by atoms with E-state index in [1.807, 2.05) is 91.4 Å². The number of rotatable bonds is 7. The maximum atomic E-state index is 4.78. The molecule has 0 aliphatic rings. The van der Waals surface area contributed by atoms with Crippen molar-refractivity contribution in [3.8, 4) is 72.8 Å². The Hall–Kier alpha value is -7.56. The molecule has 7 aromatic carbocycles. The zero-order valence-corrected chi connectivity index (χ0v) is 35.9. The maximum Gasteiger partial charge on any atom is 3.00 e. The Morgan fingerprint density at radius 2 is 0.935 bits per heavy atom. The van der Waals surface area contributed by atoms with Gasteiger partial charge >= 0.3 is 20.1 Å². The normalized spacial score (nSPS) is 10.8. The summed E-state index contributed by atoms with van der Waals surface area (Å²) in [5.41, 5.74) is 15.2. The number of aromatic nitrogens is 4. The number of nitrogens with zero attached hydrogens (tertiary/aromatic N) is 4. The molecule has 0 unspecified atom stereocenters. The van der Waals surface area contributed by atoms with Gasteiger partial charge in [-0.15, -0.1) is 71.1 Å². The smallest absolute Gasteiger partial charge is 0.319 e. The second kappa shape index (κ2) is 18.4. The summed E-state index contributed by atoms with van der Waals surface area (Å²) < 4.78 is 2.16. The summed E-state index contributed by atoms with van der Waals surface area (Å²) in [5, 5.41) is 2.45. The van der Waals surface area contributed by atoms with Crippen LogP contribution < -0.4 is 0 Å². The predicted molar refractivity (Wildman–Crippen MR) is 250 cm³/mol. The van der Waals surface area contributed by atoms with E-state index < -0.39 is 0 Å². The Kier molecular flexibility index (Phi) is 11.8. The van der Waals surface area contributed by atoms with Gasteiger partial charge in [-0.1, -0.05) is 138 Å². The van der Waals surface area contributed by atoms with E-state index in [1.165, 1.54) is 38.5 Å². The van der Waals surface area contributed by atoms with Gasteiger partial charge in [-0.2, -0.15) is 24.3 Å². The van der Waals surface area contributed by atoms with Crippen molar-refractivity contribution < 1.29 is 20.1 Å². The Morgan fingerprint density at radius 1 is 0.371 bits per heavy atom. The molecule has 0 atom stereocenters. The number of hydrogen-bond donors (Lipinski definition) is 0. The minimum absolute atomic E-state index is 0. The average molecular weight is 970 g/mol. The fourth-order valence-corrected chi connectivity index (χ4v) is 8.00. The number of para-hydroxylation sites is 2. The van der Waals surface area contributed by atoms with Crippen molar-refractivity contribution in [3.63, 3.8) is 0 Å². The molecule has 5 heteroatoms. The summed E-state index contributed by atoms with van der Waals surface area (Å²) in [7, 11) is 0. The molecule has 0 radical (unpaired) electrons. The molecule has 0 saturated heterocycles. The van der Waals surface area contributed by atoms with Crippen molar-refractivity contribution in [1.82, 2.24) is 19.5 Å². The van der Waals surface area contributed by atoms with Crippen LogP contribution in [-0.4, -0.2) is 19.5 Å². The Morgan fingerprint density at radius 3 is 1.56 bits per heavy atom. The predicted octanol–water partition coefficient (Wildman–Crippen LogP) is 14.1. The van der Waals surface area contributed by atoms with Gasteiger partial charge in [-0.3, -0.25) is 0 Å². The summed E-state index contributed by atoms with van der Waals surface area (Å²) in [6, 6.07) is 80.7. The van der Waals surface area contributed by atoms with Gasteiger partial charge in [-0.25, -0.2) is 4.98 Å². The quantitative estimate of drug-likeness (QED) is 0.150. The fraction of sp³-hybridized carbons (Fsp3) is 0. The maximum absolute atomic E-state index is 4.78. The van der Waals surface area contributed by atoms with E-state index in [-0.39, 0.29) is 20.1 Å². The third-order valence-electron chi connectivity index (χ3n) is 10.9. The van der Waals surface area contributed by atoms with Crippen molar-refractivity contribution >= 4 is 21.8 Å². The van der Waals surface area contributed by atoms with Crippen molar-refractivity contribution in [1.29, 1.82) is 0 Å². The van der Waals surface area contributed by atoms with Gasteiger partial charge in [0.15, 0.2) is 0 Å². The van der Waals surface area contributed by atoms with Crippen LogP contribution in [0.15, 0.2) is 225 Å². The third kappa shape index (κ3) is 8.03. The van der Waals surface area contributed by atoms with E-state index in [0.717, 1.165) is 56.1 Å². The molecule has 0 amide bonds. The van der Waals surface area contributed by atoms with Gasteiger partial charge in [0.2, 0.25) is 0 Å². The number of hydrogen-bond acceptors (Lipinski definition) is 3. The van der Waals surface area contributed by atoms with Gasteiger partial charge in [0, 0.05) is 24.1 Å². The van der Waals surface area contributed by atoms with Gasteiger partial charge in [0.25, 0.3) is 0 Å². The van der Waals surface area contributed by atoms with Gasteiger partial charge in [0.1, 0.15) is 5.82 Å². The molecular formula is C57H37IrN4. The first-order valence-corrected chi connectivity index (χ1v) is 20.3. The first-order chi connectivity index (χ1) is 30.3. The molecule has 0 N–H and O–H groups in total. The largest absolute Gasteiger partial charge is 3.00 e. The molecular weight excluding hydrogens is 933 g/mol. The molecule has 4 heterocycles. The molecule has 4 aromatic heterocycles. The summed E-state index contributed by atoms with van der Waals surface area (Å²) in [5.74, 6) is 0.927. The summed E-state index contributed by atoms with van der Waals surface area (Å²) >= 11 is 0. The van der Waals surface area contributed by atoms with Crippen LogP contribution in [0.25, 0.3) is 94.6 Å². The molecule has 294 valence electrons. The van der Waals surface area contributed by atoms with E-state index in [2.05, 4.69) is 166 Å². The van der Waals surface area contributed by atoms with Crippen LogP contribution in [0, 0.1) is 18.2 Å². The van der Waals surface area contributed by atoms with E-state index in [4.69, 9.17) is 4.98 Å². The fourth-order valence-electron chi connectivity index (χ4n) is 8.00. The van der Waals surface area contributed by atoms with Crippen LogP contribution in [0.3, 0.4) is 0 Å². The number of benzene rings is 7. The van der Waals surface area contributed by atoms with Gasteiger partial charge < -0.3 is 14.5 Å². The van der Waals surface area contributed by atoms with Crippen molar-refractivity contribution in [2.24, 2.45) is 0 Å². The standard InChI is InChI=1S/C40H26N2.C17H11N2.Ir/c1-2-12-30(13-3-1)40-26-25-32(28-42-40)34-15-5-7-17-36(34)38-19-9-8-18-37(38)35-16-6-4-14-33(35)29-21-23-31(24-22-29)39-20-10-11-27-41-39;1-3-9-15-13(7-1)14-8-2-4-10-16(14)19(15)17-11-5-6-12-18-17;/h1-12,14-23,25-28H;1-9,11-12H;/q-2;-1;+3. The van der Waals surface area contributed by atoms with E-state index in [1.54, 1.807) is 0 Å². The second-order valence-electron chi connectivity index (χ2n) is 14.5. The van der Waals surface area contributed by atoms with Crippen molar-refractivity contribution in [2.45, 2.75) is 0 Å².